The third kappa shape index (κ3) is 11.2. The van der Waals surface area contributed by atoms with E-state index in [1.54, 1.807) is 24.6 Å². The van der Waals surface area contributed by atoms with E-state index in [0.717, 1.165) is 0 Å². The van der Waals surface area contributed by atoms with Crippen LogP contribution < -0.4 is 0 Å². The molecule has 0 saturated carbocycles. The lowest BCUT2D eigenvalue weighted by atomic mass is 10.4. The molecule has 1 rings (SSSR count). The molecule has 1 aliphatic heterocycles. The van der Waals surface area contributed by atoms with E-state index in [9.17, 15) is 9.59 Å². The molecule has 0 bridgehead atoms. The molecule has 0 spiro atoms. The second-order valence-corrected chi connectivity index (χ2v) is 11.5. The summed E-state index contributed by atoms with van der Waals surface area (Å²) in [6.45, 7) is 9.42. The second kappa shape index (κ2) is 14.9. The van der Waals surface area contributed by atoms with Gasteiger partial charge in [-0.05, 0) is 38.5 Å². The molecule has 0 aromatic heterocycles. The van der Waals surface area contributed by atoms with Crippen molar-refractivity contribution in [3.8, 4) is 0 Å². The van der Waals surface area contributed by atoms with Gasteiger partial charge in [-0.3, -0.25) is 0 Å². The number of amides is 2. The Morgan fingerprint density at radius 3 is 1.12 bits per heavy atom. The molecule has 1 fully saturated rings. The quantitative estimate of drug-likeness (QED) is 0.299. The Balaban J connectivity index is 0.000000620. The molecule has 0 aromatic carbocycles. The van der Waals surface area contributed by atoms with Crippen molar-refractivity contribution >= 4 is 19.1 Å². The average molecular weight is 358 g/mol. The highest BCUT2D eigenvalue weighted by atomic mass is 31.2. The van der Waals surface area contributed by atoms with Gasteiger partial charge in [-0.2, -0.15) is 0 Å². The average Bonchev–Trinajstić information content (AvgIpc) is 2.97. The van der Waals surface area contributed by atoms with Crippen LogP contribution in [0.5, 0.6) is 0 Å². The van der Waals surface area contributed by atoms with Crippen LogP contribution in [0.4, 0.5) is 0 Å². The zero-order valence-electron chi connectivity index (χ0n) is 16.6. The van der Waals surface area contributed by atoms with Crippen LogP contribution in [0.2, 0.25) is 0 Å². The number of hydrogen-bond acceptors (Lipinski definition) is 2. The van der Waals surface area contributed by atoms with Crippen molar-refractivity contribution < 1.29 is 9.59 Å². The minimum Gasteiger partial charge on any atom is -0.596 e. The van der Waals surface area contributed by atoms with Gasteiger partial charge in [-0.1, -0.05) is 53.4 Å². The summed E-state index contributed by atoms with van der Waals surface area (Å²) >= 11 is 0. The van der Waals surface area contributed by atoms with E-state index in [0.29, 0.717) is 12.8 Å². The van der Waals surface area contributed by atoms with Crippen LogP contribution >= 0.6 is 7.26 Å². The monoisotopic (exact) mass is 357 g/mol. The Morgan fingerprint density at radius 1 is 0.667 bits per heavy atom. The predicted octanol–water partition coefficient (Wildman–Crippen LogP) is 6.41. The van der Waals surface area contributed by atoms with E-state index in [2.05, 4.69) is 33.0 Å². The first kappa shape index (κ1) is 23.6. The van der Waals surface area contributed by atoms with Crippen LogP contribution in [0.15, 0.2) is 0 Å². The van der Waals surface area contributed by atoms with Crippen LogP contribution in [0.25, 0.3) is 5.32 Å². The Hall–Kier alpha value is -0.430. The number of hydrogen-bond donors (Lipinski definition) is 0. The molecular weight excluding hydrogens is 317 g/mol. The van der Waals surface area contributed by atoms with Gasteiger partial charge >= 0.3 is 0 Å². The minimum atomic E-state index is -0.562. The van der Waals surface area contributed by atoms with Gasteiger partial charge in [-0.15, -0.1) is 0 Å². The normalized spacial score (nSPS) is 14.3. The second-order valence-electron chi connectivity index (χ2n) is 7.05. The lowest BCUT2D eigenvalue weighted by Gasteiger charge is -2.28. The van der Waals surface area contributed by atoms with Crippen molar-refractivity contribution in [2.24, 2.45) is 0 Å². The van der Waals surface area contributed by atoms with Crippen molar-refractivity contribution in [2.75, 3.05) is 24.6 Å². The van der Waals surface area contributed by atoms with E-state index >= 15 is 0 Å². The Morgan fingerprint density at radius 2 is 0.958 bits per heavy atom. The summed E-state index contributed by atoms with van der Waals surface area (Å²) in [6.07, 6.45) is 18.6. The molecule has 0 atom stereocenters. The van der Waals surface area contributed by atoms with Crippen LogP contribution in [0, 0.1) is 0 Å². The highest BCUT2D eigenvalue weighted by Gasteiger charge is 2.34. The molecule has 3 nitrogen and oxygen atoms in total. The summed E-state index contributed by atoms with van der Waals surface area (Å²) in [7, 11) is -0.562. The third-order valence-corrected chi connectivity index (χ3v) is 9.81. The number of nitrogens with zero attached hydrogens (tertiary/aromatic N) is 1. The number of unbranched alkanes of at least 4 members (excludes halogenated alkanes) is 4. The maximum atomic E-state index is 10.1. The molecule has 0 radical (unpaired) electrons. The number of carbonyl (C=O) groups excluding carboxylic acids is 2. The van der Waals surface area contributed by atoms with Crippen LogP contribution in [0.3, 0.4) is 0 Å². The molecule has 0 aromatic rings. The van der Waals surface area contributed by atoms with Crippen molar-refractivity contribution in [1.82, 2.24) is 0 Å². The van der Waals surface area contributed by atoms with Crippen molar-refractivity contribution in [1.29, 1.82) is 0 Å². The smallest absolute Gasteiger partial charge is 0.0594 e. The predicted molar refractivity (Wildman–Crippen MR) is 109 cm³/mol. The van der Waals surface area contributed by atoms with Crippen molar-refractivity contribution in [2.45, 2.75) is 91.9 Å². The van der Waals surface area contributed by atoms with Crippen molar-refractivity contribution in [3.63, 3.8) is 0 Å². The first-order valence-electron chi connectivity index (χ1n) is 10.2. The zero-order valence-corrected chi connectivity index (χ0v) is 17.5. The van der Waals surface area contributed by atoms with Gasteiger partial charge in [-0.25, -0.2) is 0 Å². The largest absolute Gasteiger partial charge is 0.596 e. The van der Waals surface area contributed by atoms with Crippen LogP contribution in [0.1, 0.15) is 91.9 Å². The molecule has 4 heteroatoms. The molecule has 1 heterocycles. The van der Waals surface area contributed by atoms with Gasteiger partial charge in [0.25, 0.3) is 0 Å². The molecule has 142 valence electrons. The number of carbonyl (C=O) groups is 2. The molecule has 24 heavy (non-hydrogen) atoms. The van der Waals surface area contributed by atoms with E-state index in [-0.39, 0.29) is 11.8 Å². The summed E-state index contributed by atoms with van der Waals surface area (Å²) in [4.78, 5) is 20.1. The summed E-state index contributed by atoms with van der Waals surface area (Å²) in [5, 5.41) is 3.11. The summed E-state index contributed by atoms with van der Waals surface area (Å²) in [5.41, 5.74) is 0. The van der Waals surface area contributed by atoms with Gasteiger partial charge in [0.2, 0.25) is 0 Å². The van der Waals surface area contributed by atoms with E-state index in [4.69, 9.17) is 0 Å². The fraction of sp³-hybridized carbons (Fsp3) is 0.900. The highest BCUT2D eigenvalue weighted by Crippen LogP contribution is 2.61. The van der Waals surface area contributed by atoms with Crippen LogP contribution in [-0.4, -0.2) is 36.5 Å². The summed E-state index contributed by atoms with van der Waals surface area (Å²) in [6, 6.07) is 0. The van der Waals surface area contributed by atoms with Gasteiger partial charge < -0.3 is 14.9 Å². The molecule has 0 unspecified atom stereocenters. The molecule has 0 aliphatic carbocycles. The lowest BCUT2D eigenvalue weighted by molar-refractivity contribution is -0.116. The van der Waals surface area contributed by atoms with E-state index in [1.807, 2.05) is 0 Å². The van der Waals surface area contributed by atoms with Gasteiger partial charge in [0, 0.05) is 7.26 Å². The molecular formula is C20H40NO2P. The SMILES string of the molecule is CCCC[P+](CCCC)(CCCC)CCCC.O=C1CCC(=O)[N-]1. The van der Waals surface area contributed by atoms with E-state index in [1.165, 1.54) is 51.4 Å². The lowest BCUT2D eigenvalue weighted by Crippen LogP contribution is -2.12. The molecule has 1 aliphatic rings. The van der Waals surface area contributed by atoms with Gasteiger partial charge in [0.15, 0.2) is 0 Å². The Bertz CT molecular complexity index is 293. The topological polar surface area (TPSA) is 48.2 Å². The molecule has 1 saturated heterocycles. The highest BCUT2D eigenvalue weighted by molar-refractivity contribution is 7.75. The fourth-order valence-electron chi connectivity index (χ4n) is 3.11. The standard InChI is InChI=1S/C16H36P.C4H5NO2/c1-5-9-13-17(14-10-6-2,15-11-7-3)16-12-8-4;6-3-1-2-4(7)5-3/h5-16H2,1-4H3;1-2H2,(H,5,6,7)/q+1;/p-1. The fourth-order valence-corrected chi connectivity index (χ4v) is 8.40. The first-order valence-corrected chi connectivity index (χ1v) is 12.7. The molecule has 0 N–H and O–H groups in total. The molecule has 2 amide bonds. The van der Waals surface area contributed by atoms with Gasteiger partial charge in [0.05, 0.1) is 36.5 Å². The maximum Gasteiger partial charge on any atom is 0.0594 e. The van der Waals surface area contributed by atoms with Gasteiger partial charge in [0.1, 0.15) is 0 Å². The summed E-state index contributed by atoms with van der Waals surface area (Å²) in [5.74, 6) is -0.546. The minimum absolute atomic E-state index is 0.273. The number of imide groups is 1. The zero-order chi connectivity index (χ0) is 18.3. The number of rotatable bonds is 12. The Labute approximate surface area is 151 Å². The maximum absolute atomic E-state index is 10.1. The Kier molecular flexibility index (Phi) is 14.6. The first-order chi connectivity index (χ1) is 11.5. The third-order valence-electron chi connectivity index (χ3n) is 4.75. The van der Waals surface area contributed by atoms with Crippen LogP contribution in [-0.2, 0) is 9.59 Å². The summed E-state index contributed by atoms with van der Waals surface area (Å²) < 4.78 is 0. The van der Waals surface area contributed by atoms with Crippen molar-refractivity contribution in [3.05, 3.63) is 5.32 Å². The van der Waals surface area contributed by atoms with E-state index < -0.39 is 7.26 Å².